The van der Waals surface area contributed by atoms with Crippen molar-refractivity contribution in [3.05, 3.63) is 87.2 Å². The summed E-state index contributed by atoms with van der Waals surface area (Å²) in [6.45, 7) is 27.1. The van der Waals surface area contributed by atoms with Crippen LogP contribution in [0, 0.1) is 0 Å². The Hall–Kier alpha value is -1.69. The molecular formula is C37H51Cl3CoN3. The zero-order valence-electron chi connectivity index (χ0n) is 28.5. The van der Waals surface area contributed by atoms with E-state index in [0.717, 1.165) is 22.8 Å². The van der Waals surface area contributed by atoms with Gasteiger partial charge in [-0.3, -0.25) is 9.98 Å². The van der Waals surface area contributed by atoms with Crippen molar-refractivity contribution in [2.24, 2.45) is 9.98 Å². The molecule has 0 amide bonds. The van der Waals surface area contributed by atoms with Crippen molar-refractivity contribution < 1.29 is 54.0 Å². The minimum absolute atomic E-state index is 0. The van der Waals surface area contributed by atoms with Gasteiger partial charge in [-0.05, 0) is 81.0 Å². The van der Waals surface area contributed by atoms with Crippen LogP contribution in [-0.4, -0.2) is 17.4 Å². The number of aliphatic imine (C=N–C) groups is 2. The van der Waals surface area contributed by atoms with E-state index in [1.54, 1.807) is 0 Å². The van der Waals surface area contributed by atoms with Gasteiger partial charge in [0, 0.05) is 0 Å². The third-order valence-electron chi connectivity index (χ3n) is 7.65. The van der Waals surface area contributed by atoms with Gasteiger partial charge in [-0.25, -0.2) is 4.98 Å². The molecule has 2 aromatic carbocycles. The van der Waals surface area contributed by atoms with Crippen LogP contribution in [0.4, 0.5) is 11.4 Å². The van der Waals surface area contributed by atoms with Gasteiger partial charge in [0.15, 0.2) is 0 Å². The molecule has 0 saturated heterocycles. The Morgan fingerprint density at radius 3 is 0.977 bits per heavy atom. The minimum atomic E-state index is 0. The molecule has 7 heteroatoms. The molecule has 1 aromatic heterocycles. The molecular weight excluding hydrogens is 652 g/mol. The second kappa shape index (κ2) is 19.7. The standard InChI is InChI=1S/C37H51N3.3ClH.Co/c1-22(2)28-16-32(24(5)6)36(33(17-28)25(7)8)38-20-30-14-13-15-31(40-30)21-39-37-34(26(9)10)18-29(23(3)4)19-35(37)27(11)12;;;;/h13-27H,1-12H3;3*1H;/q;;;;+3/p-3. The van der Waals surface area contributed by atoms with Crippen molar-refractivity contribution in [2.75, 3.05) is 0 Å². The summed E-state index contributed by atoms with van der Waals surface area (Å²) in [6, 6.07) is 15.4. The first-order valence-corrected chi connectivity index (χ1v) is 15.2. The number of hydrogen-bond acceptors (Lipinski definition) is 3. The van der Waals surface area contributed by atoms with Crippen molar-refractivity contribution in [1.82, 2.24) is 4.98 Å². The monoisotopic (exact) mass is 701 g/mol. The van der Waals surface area contributed by atoms with Crippen LogP contribution in [0.3, 0.4) is 0 Å². The summed E-state index contributed by atoms with van der Waals surface area (Å²) in [5.41, 5.74) is 11.8. The van der Waals surface area contributed by atoms with E-state index in [4.69, 9.17) is 15.0 Å². The Morgan fingerprint density at radius 2 is 0.750 bits per heavy atom. The van der Waals surface area contributed by atoms with Crippen molar-refractivity contribution in [3.63, 3.8) is 0 Å². The van der Waals surface area contributed by atoms with Crippen LogP contribution in [0.25, 0.3) is 0 Å². The summed E-state index contributed by atoms with van der Waals surface area (Å²) >= 11 is 0. The second-order valence-electron chi connectivity index (χ2n) is 13.0. The first-order valence-electron chi connectivity index (χ1n) is 15.2. The van der Waals surface area contributed by atoms with Crippen LogP contribution >= 0.6 is 0 Å². The van der Waals surface area contributed by atoms with E-state index >= 15 is 0 Å². The zero-order chi connectivity index (χ0) is 29.7. The Morgan fingerprint density at radius 1 is 0.477 bits per heavy atom. The molecule has 44 heavy (non-hydrogen) atoms. The zero-order valence-corrected chi connectivity index (χ0v) is 31.8. The molecule has 0 bridgehead atoms. The molecule has 0 aliphatic carbocycles. The molecule has 0 fully saturated rings. The molecule has 0 aliphatic heterocycles. The third kappa shape index (κ3) is 11.3. The van der Waals surface area contributed by atoms with Crippen molar-refractivity contribution >= 4 is 23.8 Å². The Bertz CT molecular complexity index is 1220. The van der Waals surface area contributed by atoms with Gasteiger partial charge in [0.25, 0.3) is 0 Å². The quantitative estimate of drug-likeness (QED) is 0.299. The van der Waals surface area contributed by atoms with Crippen LogP contribution in [0.2, 0.25) is 0 Å². The van der Waals surface area contributed by atoms with E-state index in [2.05, 4.69) is 107 Å². The fourth-order valence-electron chi connectivity index (χ4n) is 5.01. The molecule has 0 saturated carbocycles. The van der Waals surface area contributed by atoms with Gasteiger partial charge in [-0.15, -0.1) is 0 Å². The van der Waals surface area contributed by atoms with E-state index < -0.39 is 0 Å². The van der Waals surface area contributed by atoms with Crippen LogP contribution in [0.5, 0.6) is 0 Å². The topological polar surface area (TPSA) is 37.6 Å². The van der Waals surface area contributed by atoms with E-state index in [9.17, 15) is 0 Å². The van der Waals surface area contributed by atoms with Gasteiger partial charge < -0.3 is 37.2 Å². The number of nitrogens with zero attached hydrogens (tertiary/aromatic N) is 3. The maximum atomic E-state index is 5.05. The summed E-state index contributed by atoms with van der Waals surface area (Å²) in [5, 5.41) is 0. The SMILES string of the molecule is CC(C)c1cc(C(C)C)c(N=Cc2cccc(C=Nc3c(C(C)C)cc(C(C)C)cc3C(C)C)n2)c(C(C)C)c1.[Cl-].[Cl-].[Cl-].[Co+3]. The average molecular weight is 703 g/mol. The predicted molar refractivity (Wildman–Crippen MR) is 176 cm³/mol. The molecule has 244 valence electrons. The van der Waals surface area contributed by atoms with Crippen molar-refractivity contribution in [2.45, 2.75) is 119 Å². The van der Waals surface area contributed by atoms with E-state index in [0.29, 0.717) is 35.5 Å². The molecule has 1 heterocycles. The number of rotatable bonds is 10. The smallest absolute Gasteiger partial charge is 1.00 e. The van der Waals surface area contributed by atoms with E-state index in [1.807, 2.05) is 30.6 Å². The van der Waals surface area contributed by atoms with Crippen molar-refractivity contribution in [3.8, 4) is 0 Å². The maximum Gasteiger partial charge on any atom is 3.00 e. The van der Waals surface area contributed by atoms with Gasteiger partial charge in [0.1, 0.15) is 0 Å². The second-order valence-corrected chi connectivity index (χ2v) is 13.0. The van der Waals surface area contributed by atoms with Crippen molar-refractivity contribution in [1.29, 1.82) is 0 Å². The molecule has 3 rings (SSSR count). The Labute approximate surface area is 297 Å². The number of aromatic nitrogens is 1. The molecule has 0 aliphatic rings. The summed E-state index contributed by atoms with van der Waals surface area (Å²) in [4.78, 5) is 15.0. The fourth-order valence-corrected chi connectivity index (χ4v) is 5.01. The molecule has 0 radical (unpaired) electrons. The summed E-state index contributed by atoms with van der Waals surface area (Å²) < 4.78 is 0. The van der Waals surface area contributed by atoms with Gasteiger partial charge in [0.05, 0.1) is 35.2 Å². The number of hydrogen-bond donors (Lipinski definition) is 0. The maximum absolute atomic E-state index is 5.05. The summed E-state index contributed by atoms with van der Waals surface area (Å²) in [6.07, 6.45) is 3.83. The molecule has 3 nitrogen and oxygen atoms in total. The van der Waals surface area contributed by atoms with E-state index in [-0.39, 0.29) is 54.0 Å². The first-order chi connectivity index (χ1) is 18.8. The number of halogens is 3. The minimum Gasteiger partial charge on any atom is -1.00 e. The number of pyridine rings is 1. The first kappa shape index (κ1) is 44.4. The Kier molecular flexibility index (Phi) is 19.9. The summed E-state index contributed by atoms with van der Waals surface area (Å²) in [5.74, 6) is 2.54. The molecule has 0 spiro atoms. The normalized spacial score (nSPS) is 11.5. The van der Waals surface area contributed by atoms with Gasteiger partial charge in [-0.2, -0.15) is 0 Å². The van der Waals surface area contributed by atoms with Crippen LogP contribution in [0.1, 0.15) is 163 Å². The third-order valence-corrected chi connectivity index (χ3v) is 7.65. The predicted octanol–water partition coefficient (Wildman–Crippen LogP) is 2.33. The van der Waals surface area contributed by atoms with E-state index in [1.165, 1.54) is 33.4 Å². The van der Waals surface area contributed by atoms with Crippen LogP contribution < -0.4 is 37.2 Å². The Balaban J connectivity index is 0. The van der Waals surface area contributed by atoms with Gasteiger partial charge in [-0.1, -0.05) is 113 Å². The fraction of sp³-hybridized carbons (Fsp3) is 0.486. The molecule has 0 unspecified atom stereocenters. The largest absolute Gasteiger partial charge is 3.00 e. The van der Waals surface area contributed by atoms with Crippen LogP contribution in [-0.2, 0) is 16.8 Å². The molecule has 0 atom stereocenters. The summed E-state index contributed by atoms with van der Waals surface area (Å²) in [7, 11) is 0. The number of benzene rings is 2. The van der Waals surface area contributed by atoms with Gasteiger partial charge in [0.2, 0.25) is 0 Å². The van der Waals surface area contributed by atoms with Gasteiger partial charge >= 0.3 is 16.8 Å². The average Bonchev–Trinajstić information content (AvgIpc) is 2.89. The molecule has 3 aromatic rings. The van der Waals surface area contributed by atoms with Crippen LogP contribution in [0.15, 0.2) is 52.4 Å². The molecule has 0 N–H and O–H groups in total.